The zero-order valence-corrected chi connectivity index (χ0v) is 21.9. The van der Waals surface area contributed by atoms with E-state index in [-0.39, 0.29) is 5.91 Å². The third kappa shape index (κ3) is 6.95. The zero-order valence-electron chi connectivity index (χ0n) is 21.9. The molecule has 2 N–H and O–H groups in total. The maximum absolute atomic E-state index is 13.0. The Balaban J connectivity index is 1.14. The van der Waals surface area contributed by atoms with E-state index in [9.17, 15) is 4.79 Å². The monoisotopic (exact) mass is 528 g/mol. The number of hydrogen-bond acceptors (Lipinski definition) is 9. The van der Waals surface area contributed by atoms with Crippen LogP contribution in [0.1, 0.15) is 21.7 Å². The average molecular weight is 529 g/mol. The van der Waals surface area contributed by atoms with Gasteiger partial charge in [0.25, 0.3) is 5.91 Å². The van der Waals surface area contributed by atoms with Crippen molar-refractivity contribution in [3.05, 3.63) is 84.1 Å². The molecule has 1 fully saturated rings. The van der Waals surface area contributed by atoms with Crippen LogP contribution in [0.3, 0.4) is 0 Å². The topological polar surface area (TPSA) is 119 Å². The molecule has 5 rings (SSSR count). The van der Waals surface area contributed by atoms with Gasteiger partial charge in [-0.3, -0.25) is 9.69 Å². The first-order valence-corrected chi connectivity index (χ1v) is 12.9. The molecule has 11 nitrogen and oxygen atoms in total. The van der Waals surface area contributed by atoms with Gasteiger partial charge in [0.05, 0.1) is 19.8 Å². The van der Waals surface area contributed by atoms with Crippen molar-refractivity contribution in [1.82, 2.24) is 34.9 Å². The first-order valence-electron chi connectivity index (χ1n) is 12.9. The van der Waals surface area contributed by atoms with Crippen LogP contribution in [0.5, 0.6) is 5.75 Å². The summed E-state index contributed by atoms with van der Waals surface area (Å²) in [4.78, 5) is 23.5. The van der Waals surface area contributed by atoms with E-state index in [1.54, 1.807) is 18.3 Å². The Morgan fingerprint density at radius 2 is 1.92 bits per heavy atom. The van der Waals surface area contributed by atoms with Crippen LogP contribution in [-0.4, -0.2) is 75.0 Å². The van der Waals surface area contributed by atoms with Crippen LogP contribution < -0.4 is 15.4 Å². The van der Waals surface area contributed by atoms with Gasteiger partial charge in [0.2, 0.25) is 0 Å². The van der Waals surface area contributed by atoms with Gasteiger partial charge in [-0.25, -0.2) is 9.97 Å². The minimum Gasteiger partial charge on any atom is -0.492 e. The number of para-hydroxylation sites is 1. The summed E-state index contributed by atoms with van der Waals surface area (Å²) in [5, 5.41) is 14.9. The molecule has 1 aliphatic heterocycles. The highest BCUT2D eigenvalue weighted by Crippen LogP contribution is 2.19. The highest BCUT2D eigenvalue weighted by molar-refractivity contribution is 5.95. The van der Waals surface area contributed by atoms with E-state index < -0.39 is 0 Å². The number of ether oxygens (including phenoxy) is 2. The van der Waals surface area contributed by atoms with Crippen LogP contribution in [-0.2, 0) is 24.9 Å². The smallest absolute Gasteiger partial charge is 0.251 e. The number of morpholine rings is 1. The molecule has 11 heteroatoms. The molecular formula is C28H32N8O3. The molecule has 1 amide bonds. The summed E-state index contributed by atoms with van der Waals surface area (Å²) in [5.41, 5.74) is 3.00. The zero-order chi connectivity index (χ0) is 26.9. The fraction of sp³-hybridized carbons (Fsp3) is 0.321. The van der Waals surface area contributed by atoms with Crippen molar-refractivity contribution in [3.63, 3.8) is 0 Å². The van der Waals surface area contributed by atoms with Gasteiger partial charge in [0.15, 0.2) is 11.6 Å². The van der Waals surface area contributed by atoms with E-state index in [0.29, 0.717) is 36.8 Å². The molecule has 1 saturated heterocycles. The quantitative estimate of drug-likeness (QED) is 0.303. The number of nitrogens with zero attached hydrogens (tertiary/aromatic N) is 6. The van der Waals surface area contributed by atoms with E-state index in [4.69, 9.17) is 9.47 Å². The summed E-state index contributed by atoms with van der Waals surface area (Å²) in [6.07, 6.45) is 3.15. The van der Waals surface area contributed by atoms with E-state index in [2.05, 4.69) is 35.7 Å². The third-order valence-corrected chi connectivity index (χ3v) is 6.53. The van der Waals surface area contributed by atoms with Gasteiger partial charge in [-0.2, -0.15) is 0 Å². The van der Waals surface area contributed by atoms with Gasteiger partial charge in [-0.05, 0) is 30.3 Å². The molecule has 0 radical (unpaired) electrons. The highest BCUT2D eigenvalue weighted by atomic mass is 16.5. The molecule has 2 aromatic carbocycles. The molecule has 0 spiro atoms. The molecule has 4 aromatic rings. The molecule has 0 unspecified atom stereocenters. The van der Waals surface area contributed by atoms with Crippen LogP contribution in [0.25, 0.3) is 11.5 Å². The van der Waals surface area contributed by atoms with Crippen molar-refractivity contribution >= 4 is 11.6 Å². The standard InChI is InChI=1S/C28H32N8O3/c1-35-26(33-34-27(35)24-9-10-29-20-32-24)19-30-23-7-4-6-21(17-23)28(37)31-18-22-5-2-3-8-25(22)39-16-13-36-11-14-38-15-12-36/h2-10,17,20,30H,11-16,18-19H2,1H3,(H,31,37). The average Bonchev–Trinajstić information content (AvgIpc) is 3.36. The SMILES string of the molecule is Cn1c(CNc2cccc(C(=O)NCc3ccccc3OCCN3CCOCC3)c2)nnc1-c1ccncn1. The molecule has 1 aliphatic rings. The molecule has 0 atom stereocenters. The van der Waals surface area contributed by atoms with Crippen LogP contribution >= 0.6 is 0 Å². The highest BCUT2D eigenvalue weighted by Gasteiger charge is 2.13. The molecule has 0 bridgehead atoms. The largest absolute Gasteiger partial charge is 0.492 e. The lowest BCUT2D eigenvalue weighted by Gasteiger charge is -2.26. The van der Waals surface area contributed by atoms with Gasteiger partial charge >= 0.3 is 0 Å². The van der Waals surface area contributed by atoms with Gasteiger partial charge in [0, 0.05) is 56.2 Å². The lowest BCUT2D eigenvalue weighted by Crippen LogP contribution is -2.38. The first kappa shape index (κ1) is 26.3. The van der Waals surface area contributed by atoms with Crippen molar-refractivity contribution in [3.8, 4) is 17.3 Å². The van der Waals surface area contributed by atoms with E-state index in [1.807, 2.05) is 54.1 Å². The molecule has 202 valence electrons. The fourth-order valence-corrected chi connectivity index (χ4v) is 4.29. The van der Waals surface area contributed by atoms with Crippen LogP contribution in [0, 0.1) is 0 Å². The van der Waals surface area contributed by atoms with Crippen LogP contribution in [0.4, 0.5) is 5.69 Å². The van der Waals surface area contributed by atoms with Gasteiger partial charge in [-0.15, -0.1) is 10.2 Å². The Morgan fingerprint density at radius 3 is 2.77 bits per heavy atom. The van der Waals surface area contributed by atoms with Crippen molar-refractivity contribution in [2.45, 2.75) is 13.1 Å². The second kappa shape index (κ2) is 12.9. The Kier molecular flexibility index (Phi) is 8.71. The van der Waals surface area contributed by atoms with Crippen molar-refractivity contribution < 1.29 is 14.3 Å². The predicted molar refractivity (Wildman–Crippen MR) is 146 cm³/mol. The summed E-state index contributed by atoms with van der Waals surface area (Å²) in [6.45, 7) is 5.64. The number of benzene rings is 2. The molecular weight excluding hydrogens is 496 g/mol. The maximum Gasteiger partial charge on any atom is 0.251 e. The molecule has 0 aliphatic carbocycles. The number of rotatable bonds is 11. The Labute approximate surface area is 227 Å². The summed E-state index contributed by atoms with van der Waals surface area (Å²) in [7, 11) is 1.89. The predicted octanol–water partition coefficient (Wildman–Crippen LogP) is 2.53. The molecule has 0 saturated carbocycles. The number of amides is 1. The van der Waals surface area contributed by atoms with Gasteiger partial charge < -0.3 is 24.7 Å². The number of carbonyl (C=O) groups excluding carboxylic acids is 1. The van der Waals surface area contributed by atoms with Crippen LogP contribution in [0.15, 0.2) is 67.1 Å². The number of hydrogen-bond donors (Lipinski definition) is 2. The Hall–Kier alpha value is -4.35. The number of aromatic nitrogens is 5. The molecule has 2 aromatic heterocycles. The van der Waals surface area contributed by atoms with Gasteiger partial charge in [-0.1, -0.05) is 24.3 Å². The van der Waals surface area contributed by atoms with Crippen LogP contribution in [0.2, 0.25) is 0 Å². The maximum atomic E-state index is 13.0. The second-order valence-electron chi connectivity index (χ2n) is 9.12. The Morgan fingerprint density at radius 1 is 1.05 bits per heavy atom. The van der Waals surface area contributed by atoms with E-state index in [0.717, 1.165) is 55.7 Å². The van der Waals surface area contributed by atoms with E-state index in [1.165, 1.54) is 6.33 Å². The second-order valence-corrected chi connectivity index (χ2v) is 9.12. The molecule has 3 heterocycles. The summed E-state index contributed by atoms with van der Waals surface area (Å²) < 4.78 is 13.3. The van der Waals surface area contributed by atoms with Crippen molar-refractivity contribution in [2.75, 3.05) is 44.8 Å². The minimum atomic E-state index is -0.161. The summed E-state index contributed by atoms with van der Waals surface area (Å²) in [5.74, 6) is 2.02. The van der Waals surface area contributed by atoms with Gasteiger partial charge in [0.1, 0.15) is 24.4 Å². The fourth-order valence-electron chi connectivity index (χ4n) is 4.29. The normalized spacial score (nSPS) is 13.7. The number of anilines is 1. The number of nitrogens with one attached hydrogen (secondary N) is 2. The summed E-state index contributed by atoms with van der Waals surface area (Å²) >= 11 is 0. The minimum absolute atomic E-state index is 0.161. The third-order valence-electron chi connectivity index (χ3n) is 6.53. The lowest BCUT2D eigenvalue weighted by atomic mass is 10.1. The van der Waals surface area contributed by atoms with Crippen molar-refractivity contribution in [1.29, 1.82) is 0 Å². The first-order chi connectivity index (χ1) is 19.2. The lowest BCUT2D eigenvalue weighted by molar-refractivity contribution is 0.0322. The number of carbonyl (C=O) groups is 1. The molecule has 39 heavy (non-hydrogen) atoms. The van der Waals surface area contributed by atoms with E-state index >= 15 is 0 Å². The van der Waals surface area contributed by atoms with Crippen molar-refractivity contribution in [2.24, 2.45) is 7.05 Å². The Bertz CT molecular complexity index is 1370. The summed E-state index contributed by atoms with van der Waals surface area (Å²) in [6, 6.07) is 17.0.